The Morgan fingerprint density at radius 3 is 2.33 bits per heavy atom. The molecular formula is C32H29F5N4O4. The van der Waals surface area contributed by atoms with Crippen molar-refractivity contribution in [2.75, 3.05) is 14.2 Å². The van der Waals surface area contributed by atoms with Gasteiger partial charge < -0.3 is 19.8 Å². The molecule has 4 rings (SSSR count). The maximum absolute atomic E-state index is 15.0. The third-order valence-corrected chi connectivity index (χ3v) is 6.95. The number of nitrogens with zero attached hydrogens (tertiary/aromatic N) is 2. The number of aryl methyl sites for hydroxylation is 1. The molecule has 0 aliphatic heterocycles. The average Bonchev–Trinajstić information content (AvgIpc) is 3.36. The Hall–Kier alpha value is -5.07. The standard InChI is InChI=1S/C32H29F5N4O4/c1-17(39-16-44-5)31(2,3)41-28(42)22-14-19(8-11-24(22)34)21-15-23-26(29(43)38-4)27(18-6-9-20(33)10-7-18)45-30(23)40-25(21)12-13-32(35,36)37/h6-11,14-16H,1,12-13H2,2-5H3,(H,38,43)(H,41,42). The van der Waals surface area contributed by atoms with Crippen molar-refractivity contribution in [2.45, 2.75) is 38.4 Å². The second-order valence-corrected chi connectivity index (χ2v) is 10.5. The number of hydrogen-bond acceptors (Lipinski definition) is 6. The Kier molecular flexibility index (Phi) is 9.40. The van der Waals surface area contributed by atoms with E-state index < -0.39 is 53.6 Å². The number of hydrogen-bond donors (Lipinski definition) is 2. The minimum Gasteiger partial charge on any atom is -0.486 e. The summed E-state index contributed by atoms with van der Waals surface area (Å²) in [4.78, 5) is 34.6. The lowest BCUT2D eigenvalue weighted by molar-refractivity contribution is -0.134. The first-order valence-corrected chi connectivity index (χ1v) is 13.5. The highest BCUT2D eigenvalue weighted by Gasteiger charge is 2.30. The van der Waals surface area contributed by atoms with Crippen molar-refractivity contribution < 1.29 is 40.7 Å². The van der Waals surface area contributed by atoms with E-state index in [1.165, 1.54) is 44.5 Å². The number of furan rings is 1. The van der Waals surface area contributed by atoms with Gasteiger partial charge in [-0.2, -0.15) is 13.2 Å². The molecule has 0 aliphatic rings. The van der Waals surface area contributed by atoms with Crippen LogP contribution in [0, 0.1) is 11.6 Å². The quantitative estimate of drug-likeness (QED) is 0.112. The van der Waals surface area contributed by atoms with Crippen molar-refractivity contribution in [3.05, 3.63) is 89.3 Å². The summed E-state index contributed by atoms with van der Waals surface area (Å²) in [6, 6.07) is 9.98. The van der Waals surface area contributed by atoms with E-state index in [2.05, 4.69) is 27.2 Å². The van der Waals surface area contributed by atoms with Crippen molar-refractivity contribution in [1.82, 2.24) is 15.6 Å². The number of carbonyl (C=O) groups is 2. The second-order valence-electron chi connectivity index (χ2n) is 10.5. The van der Waals surface area contributed by atoms with Gasteiger partial charge in [0.2, 0.25) is 5.71 Å². The van der Waals surface area contributed by atoms with Gasteiger partial charge in [-0.25, -0.2) is 18.8 Å². The number of carbonyl (C=O) groups excluding carboxylic acids is 2. The number of nitrogens with one attached hydrogen (secondary N) is 2. The number of halogens is 5. The summed E-state index contributed by atoms with van der Waals surface area (Å²) in [5.74, 6) is -2.84. The third kappa shape index (κ3) is 7.36. The van der Waals surface area contributed by atoms with E-state index in [9.17, 15) is 27.2 Å². The predicted octanol–water partition coefficient (Wildman–Crippen LogP) is 6.99. The van der Waals surface area contributed by atoms with Crippen LogP contribution in [0.4, 0.5) is 22.0 Å². The molecule has 0 unspecified atom stereocenters. The first-order chi connectivity index (χ1) is 21.1. The number of alkyl halides is 3. The van der Waals surface area contributed by atoms with Crippen molar-refractivity contribution in [2.24, 2.45) is 4.99 Å². The summed E-state index contributed by atoms with van der Waals surface area (Å²) in [5, 5.41) is 5.28. The van der Waals surface area contributed by atoms with E-state index in [1.807, 2.05) is 0 Å². The largest absolute Gasteiger partial charge is 0.486 e. The third-order valence-electron chi connectivity index (χ3n) is 6.95. The van der Waals surface area contributed by atoms with Gasteiger partial charge in [-0.1, -0.05) is 12.6 Å². The summed E-state index contributed by atoms with van der Waals surface area (Å²) >= 11 is 0. The van der Waals surface area contributed by atoms with E-state index in [0.29, 0.717) is 5.56 Å². The minimum atomic E-state index is -4.53. The highest BCUT2D eigenvalue weighted by Crippen LogP contribution is 2.38. The van der Waals surface area contributed by atoms with Crippen LogP contribution in [0.5, 0.6) is 0 Å². The molecule has 2 aromatic heterocycles. The predicted molar refractivity (Wildman–Crippen MR) is 159 cm³/mol. The van der Waals surface area contributed by atoms with E-state index in [0.717, 1.165) is 24.6 Å². The topological polar surface area (TPSA) is 106 Å². The van der Waals surface area contributed by atoms with E-state index in [4.69, 9.17) is 9.15 Å². The van der Waals surface area contributed by atoms with Crippen LogP contribution in [0.25, 0.3) is 33.6 Å². The lowest BCUT2D eigenvalue weighted by Gasteiger charge is -2.26. The lowest BCUT2D eigenvalue weighted by Crippen LogP contribution is -2.44. The van der Waals surface area contributed by atoms with Gasteiger partial charge in [0.15, 0.2) is 6.40 Å². The molecule has 4 aromatic rings. The van der Waals surface area contributed by atoms with Crippen molar-refractivity contribution in [3.63, 3.8) is 0 Å². The molecule has 2 heterocycles. The molecular weight excluding hydrogens is 599 g/mol. The zero-order valence-electron chi connectivity index (χ0n) is 24.7. The number of amides is 2. The molecule has 0 saturated carbocycles. The molecule has 13 heteroatoms. The summed E-state index contributed by atoms with van der Waals surface area (Å²) < 4.78 is 79.3. The smallest absolute Gasteiger partial charge is 0.389 e. The molecule has 0 spiro atoms. The van der Waals surface area contributed by atoms with Crippen molar-refractivity contribution in [3.8, 4) is 22.5 Å². The number of fused-ring (bicyclic) bond motifs is 1. The number of pyridine rings is 1. The van der Waals surface area contributed by atoms with Crippen LogP contribution in [0.2, 0.25) is 0 Å². The molecule has 45 heavy (non-hydrogen) atoms. The van der Waals surface area contributed by atoms with Crippen LogP contribution >= 0.6 is 0 Å². The van der Waals surface area contributed by atoms with Gasteiger partial charge in [0.05, 0.1) is 40.6 Å². The molecule has 8 nitrogen and oxygen atoms in total. The molecule has 0 bridgehead atoms. The summed E-state index contributed by atoms with van der Waals surface area (Å²) in [6.45, 7) is 6.97. The van der Waals surface area contributed by atoms with Crippen LogP contribution < -0.4 is 10.6 Å². The summed E-state index contributed by atoms with van der Waals surface area (Å²) in [5.41, 5.74) is -0.926. The maximum atomic E-state index is 15.0. The Morgan fingerprint density at radius 1 is 1.04 bits per heavy atom. The van der Waals surface area contributed by atoms with Gasteiger partial charge in [0, 0.05) is 24.6 Å². The number of rotatable bonds is 10. The molecule has 236 valence electrons. The highest BCUT2D eigenvalue weighted by molar-refractivity contribution is 6.11. The first-order valence-electron chi connectivity index (χ1n) is 13.5. The molecule has 2 aromatic carbocycles. The molecule has 2 amide bonds. The molecule has 2 N–H and O–H groups in total. The van der Waals surface area contributed by atoms with Crippen molar-refractivity contribution >= 4 is 29.3 Å². The zero-order chi connectivity index (χ0) is 33.1. The van der Waals surface area contributed by atoms with Crippen LogP contribution in [-0.2, 0) is 11.2 Å². The number of benzene rings is 2. The summed E-state index contributed by atoms with van der Waals surface area (Å²) in [7, 11) is 2.76. The highest BCUT2D eigenvalue weighted by atomic mass is 19.4. The number of ether oxygens (including phenoxy) is 1. The van der Waals surface area contributed by atoms with E-state index in [1.54, 1.807) is 13.8 Å². The first kappa shape index (κ1) is 32.8. The molecule has 0 aliphatic carbocycles. The van der Waals surface area contributed by atoms with E-state index in [-0.39, 0.29) is 44.9 Å². The second kappa shape index (κ2) is 12.9. The van der Waals surface area contributed by atoms with Gasteiger partial charge in [-0.05, 0) is 68.3 Å². The Morgan fingerprint density at radius 2 is 1.71 bits per heavy atom. The normalized spacial score (nSPS) is 12.0. The Bertz CT molecular complexity index is 1790. The van der Waals surface area contributed by atoms with Crippen molar-refractivity contribution in [1.29, 1.82) is 0 Å². The maximum Gasteiger partial charge on any atom is 0.389 e. The monoisotopic (exact) mass is 628 g/mol. The van der Waals surface area contributed by atoms with Gasteiger partial charge in [0.25, 0.3) is 11.8 Å². The van der Waals surface area contributed by atoms with Crippen LogP contribution in [0.1, 0.15) is 46.7 Å². The number of aliphatic imine (C=N–C) groups is 1. The van der Waals surface area contributed by atoms with Gasteiger partial charge in [-0.15, -0.1) is 0 Å². The zero-order valence-corrected chi connectivity index (χ0v) is 24.7. The fraction of sp³-hybridized carbons (Fsp3) is 0.250. The summed E-state index contributed by atoms with van der Waals surface area (Å²) in [6.07, 6.45) is -5.23. The Balaban J connectivity index is 1.89. The van der Waals surface area contributed by atoms with Crippen LogP contribution in [-0.4, -0.2) is 49.1 Å². The number of aromatic nitrogens is 1. The van der Waals surface area contributed by atoms with Crippen LogP contribution in [0.3, 0.4) is 0 Å². The fourth-order valence-corrected chi connectivity index (χ4v) is 4.48. The molecule has 0 saturated heterocycles. The SMILES string of the molecule is C=C(N=COC)C(C)(C)NC(=O)c1cc(-c2cc3c(C(=O)NC)c(-c4ccc(F)cc4)oc3nc2CCC(F)(F)F)ccc1F. The van der Waals surface area contributed by atoms with Gasteiger partial charge in [-0.3, -0.25) is 9.59 Å². The average molecular weight is 629 g/mol. The van der Waals surface area contributed by atoms with E-state index >= 15 is 4.39 Å². The minimum absolute atomic E-state index is 0.00665. The van der Waals surface area contributed by atoms with Crippen LogP contribution in [0.15, 0.2) is 70.2 Å². The fourth-order valence-electron chi connectivity index (χ4n) is 4.48. The van der Waals surface area contributed by atoms with Gasteiger partial charge >= 0.3 is 6.18 Å². The molecule has 0 radical (unpaired) electrons. The lowest BCUT2D eigenvalue weighted by atomic mass is 9.96. The molecule has 0 atom stereocenters. The molecule has 0 fully saturated rings. The number of methoxy groups -OCH3 is 1. The van der Waals surface area contributed by atoms with Gasteiger partial charge in [0.1, 0.15) is 17.4 Å². The Labute approximate surface area is 255 Å².